The van der Waals surface area contributed by atoms with Crippen LogP contribution in [0.3, 0.4) is 0 Å². The molecule has 1 aliphatic carbocycles. The van der Waals surface area contributed by atoms with Crippen LogP contribution in [-0.2, 0) is 0 Å². The van der Waals surface area contributed by atoms with E-state index in [0.29, 0.717) is 5.92 Å². The van der Waals surface area contributed by atoms with E-state index in [-0.39, 0.29) is 5.60 Å². The molecule has 1 atom stereocenters. The highest BCUT2D eigenvalue weighted by Gasteiger charge is 2.40. The Kier molecular flexibility index (Phi) is 3.33. The van der Waals surface area contributed by atoms with Crippen LogP contribution < -0.4 is 0 Å². The fourth-order valence-electron chi connectivity index (χ4n) is 1.65. The van der Waals surface area contributed by atoms with E-state index in [4.69, 9.17) is 0 Å². The Labute approximate surface area is 75.5 Å². The van der Waals surface area contributed by atoms with Gasteiger partial charge in [0.1, 0.15) is 0 Å². The van der Waals surface area contributed by atoms with Crippen LogP contribution in [0.25, 0.3) is 0 Å². The summed E-state index contributed by atoms with van der Waals surface area (Å²) in [6.45, 7) is 4.29. The molecule has 0 saturated heterocycles. The molecule has 1 heteroatoms. The second-order valence-corrected chi connectivity index (χ2v) is 4.18. The quantitative estimate of drug-likeness (QED) is 0.626. The van der Waals surface area contributed by atoms with Gasteiger partial charge < -0.3 is 5.11 Å². The van der Waals surface area contributed by atoms with Gasteiger partial charge in [0.05, 0.1) is 5.60 Å². The number of allylic oxidation sites excluding steroid dienone is 2. The first-order valence-corrected chi connectivity index (χ1v) is 5.00. The monoisotopic (exact) mass is 168 g/mol. The minimum atomic E-state index is -0.255. The van der Waals surface area contributed by atoms with Gasteiger partial charge in [-0.05, 0) is 44.9 Å². The van der Waals surface area contributed by atoms with Crippen molar-refractivity contribution in [2.75, 3.05) is 0 Å². The highest BCUT2D eigenvalue weighted by molar-refractivity contribution is 4.94. The fraction of sp³-hybridized carbons (Fsp3) is 0.818. The lowest BCUT2D eigenvalue weighted by molar-refractivity contribution is 0.119. The molecule has 0 aromatic heterocycles. The highest BCUT2D eigenvalue weighted by Crippen LogP contribution is 2.41. The molecule has 0 aromatic carbocycles. The number of aliphatic hydroxyl groups is 1. The summed E-state index contributed by atoms with van der Waals surface area (Å²) in [4.78, 5) is 0. The van der Waals surface area contributed by atoms with Crippen LogP contribution in [-0.4, -0.2) is 10.7 Å². The van der Waals surface area contributed by atoms with Gasteiger partial charge in [0.25, 0.3) is 0 Å². The number of hydrogen-bond acceptors (Lipinski definition) is 1. The van der Waals surface area contributed by atoms with Crippen molar-refractivity contribution in [1.82, 2.24) is 0 Å². The third kappa shape index (κ3) is 3.40. The Bertz CT molecular complexity index is 156. The van der Waals surface area contributed by atoms with E-state index >= 15 is 0 Å². The van der Waals surface area contributed by atoms with Crippen LogP contribution in [0.15, 0.2) is 12.2 Å². The standard InChI is InChI=1S/C11H20O/c1-3-4-5-6-10(2)9-11(12)7-8-11/h3-4,10,12H,5-9H2,1-2H3. The van der Waals surface area contributed by atoms with Crippen molar-refractivity contribution in [3.63, 3.8) is 0 Å². The van der Waals surface area contributed by atoms with E-state index in [9.17, 15) is 5.11 Å². The molecule has 1 N–H and O–H groups in total. The van der Waals surface area contributed by atoms with Crippen LogP contribution >= 0.6 is 0 Å². The zero-order valence-electron chi connectivity index (χ0n) is 8.21. The van der Waals surface area contributed by atoms with Crippen LogP contribution in [0.1, 0.15) is 46.0 Å². The second kappa shape index (κ2) is 4.08. The molecule has 0 amide bonds. The van der Waals surface area contributed by atoms with Crippen LogP contribution in [0.5, 0.6) is 0 Å². The van der Waals surface area contributed by atoms with Gasteiger partial charge >= 0.3 is 0 Å². The van der Waals surface area contributed by atoms with E-state index in [0.717, 1.165) is 25.7 Å². The molecule has 0 bridgehead atoms. The molecule has 0 spiro atoms. The van der Waals surface area contributed by atoms with Crippen molar-refractivity contribution >= 4 is 0 Å². The molecule has 1 aliphatic rings. The predicted octanol–water partition coefficient (Wildman–Crippen LogP) is 2.89. The molecule has 1 fully saturated rings. The third-order valence-electron chi connectivity index (χ3n) is 2.62. The molecule has 1 unspecified atom stereocenters. The molecule has 1 rings (SSSR count). The summed E-state index contributed by atoms with van der Waals surface area (Å²) in [6.07, 6.45) is 9.73. The summed E-state index contributed by atoms with van der Waals surface area (Å²) >= 11 is 0. The predicted molar refractivity (Wildman–Crippen MR) is 52.0 cm³/mol. The molecule has 0 aromatic rings. The Morgan fingerprint density at radius 3 is 2.67 bits per heavy atom. The maximum atomic E-state index is 9.64. The largest absolute Gasteiger partial charge is 0.390 e. The average Bonchev–Trinajstić information content (AvgIpc) is 2.68. The smallest absolute Gasteiger partial charge is 0.0652 e. The molecule has 70 valence electrons. The Morgan fingerprint density at radius 2 is 2.17 bits per heavy atom. The summed E-state index contributed by atoms with van der Waals surface area (Å²) in [6, 6.07) is 0. The summed E-state index contributed by atoms with van der Waals surface area (Å²) < 4.78 is 0. The zero-order valence-corrected chi connectivity index (χ0v) is 8.21. The lowest BCUT2D eigenvalue weighted by atomic mass is 9.97. The van der Waals surface area contributed by atoms with Crippen molar-refractivity contribution in [3.05, 3.63) is 12.2 Å². The molecule has 12 heavy (non-hydrogen) atoms. The lowest BCUT2D eigenvalue weighted by Crippen LogP contribution is -2.11. The minimum absolute atomic E-state index is 0.255. The van der Waals surface area contributed by atoms with Gasteiger partial charge in [0.2, 0.25) is 0 Å². The lowest BCUT2D eigenvalue weighted by Gasteiger charge is -2.13. The number of hydrogen-bond donors (Lipinski definition) is 1. The first-order chi connectivity index (χ1) is 5.66. The Balaban J connectivity index is 2.07. The topological polar surface area (TPSA) is 20.2 Å². The molecule has 0 aliphatic heterocycles. The van der Waals surface area contributed by atoms with Gasteiger partial charge in [-0.3, -0.25) is 0 Å². The van der Waals surface area contributed by atoms with Gasteiger partial charge in [-0.1, -0.05) is 19.1 Å². The Hall–Kier alpha value is -0.300. The fourth-order valence-corrected chi connectivity index (χ4v) is 1.65. The van der Waals surface area contributed by atoms with E-state index in [2.05, 4.69) is 26.0 Å². The second-order valence-electron chi connectivity index (χ2n) is 4.18. The maximum Gasteiger partial charge on any atom is 0.0652 e. The van der Waals surface area contributed by atoms with Crippen molar-refractivity contribution in [2.45, 2.75) is 51.6 Å². The van der Waals surface area contributed by atoms with Crippen LogP contribution in [0, 0.1) is 5.92 Å². The van der Waals surface area contributed by atoms with Gasteiger partial charge in [-0.25, -0.2) is 0 Å². The summed E-state index contributed by atoms with van der Waals surface area (Å²) in [7, 11) is 0. The van der Waals surface area contributed by atoms with E-state index in [1.807, 2.05) is 0 Å². The van der Waals surface area contributed by atoms with Crippen molar-refractivity contribution < 1.29 is 5.11 Å². The van der Waals surface area contributed by atoms with Crippen molar-refractivity contribution in [2.24, 2.45) is 5.92 Å². The zero-order chi connectivity index (χ0) is 9.03. The van der Waals surface area contributed by atoms with E-state index in [1.165, 1.54) is 6.42 Å². The van der Waals surface area contributed by atoms with Gasteiger partial charge in [-0.15, -0.1) is 0 Å². The first kappa shape index (κ1) is 9.79. The first-order valence-electron chi connectivity index (χ1n) is 5.00. The summed E-state index contributed by atoms with van der Waals surface area (Å²) in [5, 5.41) is 9.64. The summed E-state index contributed by atoms with van der Waals surface area (Å²) in [5.74, 6) is 0.675. The van der Waals surface area contributed by atoms with E-state index in [1.54, 1.807) is 0 Å². The van der Waals surface area contributed by atoms with Crippen molar-refractivity contribution in [1.29, 1.82) is 0 Å². The van der Waals surface area contributed by atoms with Gasteiger partial charge in [0.15, 0.2) is 0 Å². The molecule has 1 nitrogen and oxygen atoms in total. The molecule has 1 saturated carbocycles. The molecular formula is C11H20O. The number of rotatable bonds is 5. The van der Waals surface area contributed by atoms with Crippen molar-refractivity contribution in [3.8, 4) is 0 Å². The molecule has 0 heterocycles. The van der Waals surface area contributed by atoms with E-state index < -0.39 is 0 Å². The third-order valence-corrected chi connectivity index (χ3v) is 2.62. The average molecular weight is 168 g/mol. The highest BCUT2D eigenvalue weighted by atomic mass is 16.3. The summed E-state index contributed by atoms with van der Waals surface area (Å²) in [5.41, 5.74) is -0.255. The maximum absolute atomic E-state index is 9.64. The van der Waals surface area contributed by atoms with Crippen LogP contribution in [0.2, 0.25) is 0 Å². The van der Waals surface area contributed by atoms with Gasteiger partial charge in [-0.2, -0.15) is 0 Å². The SMILES string of the molecule is CC=CCCC(C)CC1(O)CC1. The molecule has 0 radical (unpaired) electrons. The Morgan fingerprint density at radius 1 is 1.50 bits per heavy atom. The molecular weight excluding hydrogens is 148 g/mol. The van der Waals surface area contributed by atoms with Crippen LogP contribution in [0.4, 0.5) is 0 Å². The minimum Gasteiger partial charge on any atom is -0.390 e. The normalized spacial score (nSPS) is 22.9. The van der Waals surface area contributed by atoms with Gasteiger partial charge in [0, 0.05) is 0 Å².